The van der Waals surface area contributed by atoms with Crippen LogP contribution in [0.2, 0.25) is 0 Å². The molecule has 0 amide bonds. The van der Waals surface area contributed by atoms with Gasteiger partial charge in [-0.1, -0.05) is 60.4 Å². The summed E-state index contributed by atoms with van der Waals surface area (Å²) in [6.07, 6.45) is 1.55. The second-order valence-corrected chi connectivity index (χ2v) is 8.48. The predicted molar refractivity (Wildman–Crippen MR) is 125 cm³/mol. The average Bonchev–Trinajstić information content (AvgIpc) is 3.11. The molecular formula is C27H31NO5. The highest BCUT2D eigenvalue weighted by molar-refractivity contribution is 5.44. The summed E-state index contributed by atoms with van der Waals surface area (Å²) in [5, 5.41) is 1.88. The summed E-state index contributed by atoms with van der Waals surface area (Å²) >= 11 is 0. The van der Waals surface area contributed by atoms with Crippen LogP contribution in [0, 0.1) is 11.8 Å². The van der Waals surface area contributed by atoms with Gasteiger partial charge in [-0.2, -0.15) is 5.06 Å². The van der Waals surface area contributed by atoms with Crippen LogP contribution < -0.4 is 0 Å². The van der Waals surface area contributed by atoms with E-state index in [9.17, 15) is 0 Å². The fourth-order valence-corrected chi connectivity index (χ4v) is 4.34. The first-order chi connectivity index (χ1) is 16.0. The van der Waals surface area contributed by atoms with E-state index in [-0.39, 0.29) is 6.10 Å². The van der Waals surface area contributed by atoms with Crippen LogP contribution in [0.5, 0.6) is 0 Å². The topological polar surface area (TPSA) is 49.4 Å². The van der Waals surface area contributed by atoms with E-state index in [2.05, 4.69) is 24.0 Å². The minimum Gasteiger partial charge on any atom is -0.348 e. The maximum absolute atomic E-state index is 6.30. The van der Waals surface area contributed by atoms with E-state index in [1.54, 1.807) is 14.2 Å². The number of hydroxylamine groups is 2. The zero-order chi connectivity index (χ0) is 23.3. The van der Waals surface area contributed by atoms with Crippen molar-refractivity contribution < 1.29 is 23.8 Å². The van der Waals surface area contributed by atoms with Crippen LogP contribution in [-0.4, -0.2) is 56.2 Å². The average molecular weight is 450 g/mol. The molecule has 2 aromatic rings. The second kappa shape index (κ2) is 10.2. The van der Waals surface area contributed by atoms with E-state index in [4.69, 9.17) is 23.8 Å². The molecule has 33 heavy (non-hydrogen) atoms. The van der Waals surface area contributed by atoms with Gasteiger partial charge in [0.15, 0.2) is 5.79 Å². The SMILES string of the molecule is COC1(OC)C(C#Cc2ccccc2)=CCON(Cc2ccccc2)[C@H]1[C@H]1COC(C)(C)O1. The lowest BCUT2D eigenvalue weighted by atomic mass is 9.92. The Balaban J connectivity index is 1.75. The largest absolute Gasteiger partial charge is 0.348 e. The van der Waals surface area contributed by atoms with Crippen LogP contribution in [0.15, 0.2) is 72.3 Å². The number of methoxy groups -OCH3 is 2. The monoisotopic (exact) mass is 449 g/mol. The third-order valence-electron chi connectivity index (χ3n) is 5.89. The molecule has 2 atom stereocenters. The Morgan fingerprint density at radius 3 is 2.24 bits per heavy atom. The molecule has 0 aliphatic carbocycles. The van der Waals surface area contributed by atoms with Gasteiger partial charge in [0.2, 0.25) is 5.79 Å². The van der Waals surface area contributed by atoms with Crippen LogP contribution >= 0.6 is 0 Å². The summed E-state index contributed by atoms with van der Waals surface area (Å²) in [6, 6.07) is 19.5. The van der Waals surface area contributed by atoms with Gasteiger partial charge in [0.05, 0.1) is 18.8 Å². The molecule has 2 aromatic carbocycles. The molecule has 0 saturated carbocycles. The van der Waals surface area contributed by atoms with Crippen LogP contribution in [0.3, 0.4) is 0 Å². The molecule has 2 aliphatic rings. The Morgan fingerprint density at radius 1 is 0.970 bits per heavy atom. The van der Waals surface area contributed by atoms with Crippen LogP contribution in [-0.2, 0) is 30.3 Å². The molecule has 0 spiro atoms. The quantitative estimate of drug-likeness (QED) is 0.509. The molecule has 174 valence electrons. The lowest BCUT2D eigenvalue weighted by Gasteiger charge is -2.44. The van der Waals surface area contributed by atoms with Crippen molar-refractivity contribution in [3.8, 4) is 11.8 Å². The molecule has 6 heteroatoms. The molecule has 0 aromatic heterocycles. The molecule has 1 saturated heterocycles. The van der Waals surface area contributed by atoms with Crippen LogP contribution in [0.4, 0.5) is 0 Å². The number of rotatable bonds is 5. The van der Waals surface area contributed by atoms with Crippen molar-refractivity contribution in [1.29, 1.82) is 0 Å². The van der Waals surface area contributed by atoms with Gasteiger partial charge in [0, 0.05) is 26.3 Å². The van der Waals surface area contributed by atoms with Gasteiger partial charge in [-0.15, -0.1) is 0 Å². The lowest BCUT2D eigenvalue weighted by Crippen LogP contribution is -2.61. The maximum Gasteiger partial charge on any atom is 0.223 e. The first-order valence-corrected chi connectivity index (χ1v) is 11.1. The summed E-state index contributed by atoms with van der Waals surface area (Å²) in [7, 11) is 3.25. The summed E-state index contributed by atoms with van der Waals surface area (Å²) in [6.45, 7) is 5.03. The van der Waals surface area contributed by atoms with Gasteiger partial charge < -0.3 is 18.9 Å². The highest BCUT2D eigenvalue weighted by Gasteiger charge is 2.55. The molecule has 6 nitrogen and oxygen atoms in total. The van der Waals surface area contributed by atoms with E-state index in [0.29, 0.717) is 25.3 Å². The number of benzene rings is 2. The Morgan fingerprint density at radius 2 is 1.64 bits per heavy atom. The van der Waals surface area contributed by atoms with Crippen molar-refractivity contribution in [2.75, 3.05) is 27.4 Å². The predicted octanol–water partition coefficient (Wildman–Crippen LogP) is 3.92. The zero-order valence-electron chi connectivity index (χ0n) is 19.6. The van der Waals surface area contributed by atoms with Gasteiger partial charge in [0.1, 0.15) is 12.1 Å². The normalized spacial score (nSPS) is 24.4. The number of ether oxygens (including phenoxy) is 4. The van der Waals surface area contributed by atoms with Gasteiger partial charge in [-0.3, -0.25) is 4.84 Å². The standard InChI is InChI=1S/C27H31NO5/c1-26(2)31-20-24(33-26)25-27(29-3,30-4)23(16-15-21-11-7-5-8-12-21)17-18-32-28(25)19-22-13-9-6-10-14-22/h5-14,17,24-25H,18-20H2,1-4H3/t24-,25+/m1/s1. The van der Waals surface area contributed by atoms with E-state index in [0.717, 1.165) is 11.1 Å². The Labute approximate surface area is 196 Å². The van der Waals surface area contributed by atoms with Crippen LogP contribution in [0.25, 0.3) is 0 Å². The Kier molecular flexibility index (Phi) is 7.30. The molecule has 4 rings (SSSR count). The molecular weight excluding hydrogens is 418 g/mol. The molecule has 0 bridgehead atoms. The maximum atomic E-state index is 6.30. The second-order valence-electron chi connectivity index (χ2n) is 8.48. The van der Waals surface area contributed by atoms with E-state index >= 15 is 0 Å². The van der Waals surface area contributed by atoms with Gasteiger partial charge in [-0.25, -0.2) is 0 Å². The fourth-order valence-electron chi connectivity index (χ4n) is 4.34. The smallest absolute Gasteiger partial charge is 0.223 e. The van der Waals surface area contributed by atoms with E-state index < -0.39 is 17.6 Å². The summed E-state index contributed by atoms with van der Waals surface area (Å²) < 4.78 is 24.5. The lowest BCUT2D eigenvalue weighted by molar-refractivity contribution is -0.301. The minimum atomic E-state index is -1.22. The van der Waals surface area contributed by atoms with Gasteiger partial charge in [0.25, 0.3) is 0 Å². The van der Waals surface area contributed by atoms with Gasteiger partial charge >= 0.3 is 0 Å². The molecule has 0 N–H and O–H groups in total. The summed E-state index contributed by atoms with van der Waals surface area (Å²) in [5.74, 6) is 4.58. The Bertz CT molecular complexity index is 1010. The zero-order valence-corrected chi connectivity index (χ0v) is 19.6. The molecule has 2 aliphatic heterocycles. The van der Waals surface area contributed by atoms with Crippen molar-refractivity contribution in [3.63, 3.8) is 0 Å². The highest BCUT2D eigenvalue weighted by Crippen LogP contribution is 2.39. The first kappa shape index (κ1) is 23.7. The van der Waals surface area contributed by atoms with E-state index in [1.165, 1.54) is 0 Å². The van der Waals surface area contributed by atoms with E-state index in [1.807, 2.05) is 73.5 Å². The Hall–Kier alpha value is -2.50. The minimum absolute atomic E-state index is 0.327. The van der Waals surface area contributed by atoms with Crippen molar-refractivity contribution in [3.05, 3.63) is 83.4 Å². The summed E-state index contributed by atoms with van der Waals surface area (Å²) in [4.78, 5) is 6.23. The van der Waals surface area contributed by atoms with Crippen molar-refractivity contribution in [1.82, 2.24) is 5.06 Å². The molecule has 2 heterocycles. The fraction of sp³-hybridized carbons (Fsp3) is 0.407. The van der Waals surface area contributed by atoms with Crippen molar-refractivity contribution >= 4 is 0 Å². The number of nitrogens with zero attached hydrogens (tertiary/aromatic N) is 1. The highest BCUT2D eigenvalue weighted by atomic mass is 16.8. The van der Waals surface area contributed by atoms with Gasteiger partial charge in [-0.05, 0) is 37.6 Å². The number of hydrogen-bond donors (Lipinski definition) is 0. The van der Waals surface area contributed by atoms with Crippen molar-refractivity contribution in [2.45, 2.75) is 44.1 Å². The summed E-state index contributed by atoms with van der Waals surface area (Å²) in [5.41, 5.74) is 2.69. The molecule has 0 unspecified atom stereocenters. The third-order valence-corrected chi connectivity index (χ3v) is 5.89. The molecule has 1 fully saturated rings. The number of hydrogen-bond acceptors (Lipinski definition) is 6. The van der Waals surface area contributed by atoms with Crippen LogP contribution in [0.1, 0.15) is 25.0 Å². The van der Waals surface area contributed by atoms with Crippen molar-refractivity contribution in [2.24, 2.45) is 0 Å². The molecule has 0 radical (unpaired) electrons. The first-order valence-electron chi connectivity index (χ1n) is 11.1. The third kappa shape index (κ3) is 5.20.